The minimum Gasteiger partial charge on any atom is -0.478 e. The van der Waals surface area contributed by atoms with Crippen LogP contribution in [0.1, 0.15) is 47.1 Å². The van der Waals surface area contributed by atoms with E-state index >= 15 is 0 Å². The van der Waals surface area contributed by atoms with Crippen LogP contribution >= 0.6 is 0 Å². The van der Waals surface area contributed by atoms with Gasteiger partial charge in [-0.05, 0) is 31.5 Å². The van der Waals surface area contributed by atoms with Gasteiger partial charge in [-0.2, -0.15) is 0 Å². The largest absolute Gasteiger partial charge is 0.478 e. The van der Waals surface area contributed by atoms with Gasteiger partial charge in [-0.1, -0.05) is 13.8 Å². The Labute approximate surface area is 107 Å². The number of carbonyl (C=O) groups excluding carboxylic acids is 1. The lowest BCUT2D eigenvalue weighted by Gasteiger charge is -2.09. The van der Waals surface area contributed by atoms with Crippen LogP contribution in [0.3, 0.4) is 0 Å². The normalized spacial score (nSPS) is 9.11. The van der Waals surface area contributed by atoms with Crippen molar-refractivity contribution in [2.45, 2.75) is 27.7 Å². The maximum atomic E-state index is 11.6. The molecule has 0 fully saturated rings. The summed E-state index contributed by atoms with van der Waals surface area (Å²) in [7, 11) is 0. The third-order valence-electron chi connectivity index (χ3n) is 2.21. The number of hydrogen-bond donors (Lipinski definition) is 3. The lowest BCUT2D eigenvalue weighted by Crippen LogP contribution is -2.24. The molecule has 0 saturated heterocycles. The number of nitrogens with one attached hydrogen (secondary N) is 1. The van der Waals surface area contributed by atoms with Gasteiger partial charge in [0.05, 0.1) is 11.1 Å². The van der Waals surface area contributed by atoms with Crippen LogP contribution in [-0.4, -0.2) is 23.5 Å². The smallest absolute Gasteiger partial charge is 0.335 e. The van der Waals surface area contributed by atoms with Gasteiger partial charge in [-0.15, -0.1) is 0 Å². The first-order valence-electron chi connectivity index (χ1n) is 5.89. The Morgan fingerprint density at radius 1 is 1.28 bits per heavy atom. The van der Waals surface area contributed by atoms with Gasteiger partial charge < -0.3 is 16.2 Å². The van der Waals surface area contributed by atoms with E-state index < -0.39 is 5.97 Å². The van der Waals surface area contributed by atoms with E-state index in [2.05, 4.69) is 5.32 Å². The molecule has 4 N–H and O–H groups in total. The molecule has 1 aromatic rings. The third kappa shape index (κ3) is 3.76. The summed E-state index contributed by atoms with van der Waals surface area (Å²) in [4.78, 5) is 22.5. The molecule has 0 bridgehead atoms. The van der Waals surface area contributed by atoms with Gasteiger partial charge in [0.2, 0.25) is 0 Å². The van der Waals surface area contributed by atoms with Gasteiger partial charge in [0, 0.05) is 12.2 Å². The van der Waals surface area contributed by atoms with Crippen molar-refractivity contribution in [3.8, 4) is 0 Å². The van der Waals surface area contributed by atoms with E-state index in [1.54, 1.807) is 13.8 Å². The number of benzene rings is 1. The second-order valence-corrected chi connectivity index (χ2v) is 3.42. The zero-order chi connectivity index (χ0) is 14.3. The van der Waals surface area contributed by atoms with Crippen molar-refractivity contribution in [3.63, 3.8) is 0 Å². The molecule has 0 unspecified atom stereocenters. The highest BCUT2D eigenvalue weighted by atomic mass is 16.4. The van der Waals surface area contributed by atoms with Crippen LogP contribution in [-0.2, 0) is 0 Å². The second kappa shape index (κ2) is 7.32. The van der Waals surface area contributed by atoms with Gasteiger partial charge in [-0.25, -0.2) is 4.79 Å². The maximum absolute atomic E-state index is 11.6. The van der Waals surface area contributed by atoms with Gasteiger partial charge in [0.25, 0.3) is 5.91 Å². The lowest BCUT2D eigenvalue weighted by atomic mass is 10.0. The number of rotatable bonds is 3. The third-order valence-corrected chi connectivity index (χ3v) is 2.21. The van der Waals surface area contributed by atoms with Gasteiger partial charge in [-0.3, -0.25) is 4.79 Å². The SMILES string of the molecule is CC.CCNC(=O)c1cc(C(=O)O)c(C)cc1N. The Morgan fingerprint density at radius 2 is 1.83 bits per heavy atom. The Morgan fingerprint density at radius 3 is 2.28 bits per heavy atom. The van der Waals surface area contributed by atoms with Crippen LogP contribution in [0.4, 0.5) is 5.69 Å². The topological polar surface area (TPSA) is 92.4 Å². The fourth-order valence-corrected chi connectivity index (χ4v) is 1.41. The molecule has 0 saturated carbocycles. The first-order valence-corrected chi connectivity index (χ1v) is 5.89. The molecule has 0 atom stereocenters. The minimum absolute atomic E-state index is 0.0930. The average Bonchev–Trinajstić information content (AvgIpc) is 2.31. The average molecular weight is 252 g/mol. The molecule has 0 spiro atoms. The highest BCUT2D eigenvalue weighted by molar-refractivity contribution is 6.02. The molecule has 18 heavy (non-hydrogen) atoms. The van der Waals surface area contributed by atoms with Gasteiger partial charge >= 0.3 is 5.97 Å². The molecule has 0 aliphatic rings. The van der Waals surface area contributed by atoms with E-state index in [-0.39, 0.29) is 22.7 Å². The molecule has 0 aliphatic carbocycles. The molecule has 5 heteroatoms. The van der Waals surface area contributed by atoms with E-state index in [1.807, 2.05) is 13.8 Å². The van der Waals surface area contributed by atoms with Crippen LogP contribution in [0, 0.1) is 6.92 Å². The molecule has 100 valence electrons. The molecule has 5 nitrogen and oxygen atoms in total. The summed E-state index contributed by atoms with van der Waals surface area (Å²) in [6, 6.07) is 2.80. The van der Waals surface area contributed by atoms with Crippen molar-refractivity contribution in [2.75, 3.05) is 12.3 Å². The molecule has 0 aliphatic heterocycles. The zero-order valence-corrected chi connectivity index (χ0v) is 11.2. The van der Waals surface area contributed by atoms with E-state index in [0.717, 1.165) is 0 Å². The van der Waals surface area contributed by atoms with Crippen LogP contribution in [0.15, 0.2) is 12.1 Å². The van der Waals surface area contributed by atoms with E-state index in [9.17, 15) is 9.59 Å². The molecule has 0 heterocycles. The summed E-state index contributed by atoms with van der Waals surface area (Å²) < 4.78 is 0. The van der Waals surface area contributed by atoms with Crippen LogP contribution in [0.25, 0.3) is 0 Å². The number of aryl methyl sites for hydroxylation is 1. The molecular weight excluding hydrogens is 232 g/mol. The van der Waals surface area contributed by atoms with E-state index in [1.165, 1.54) is 12.1 Å². The fraction of sp³-hybridized carbons (Fsp3) is 0.385. The number of carboxylic acid groups (broad SMARTS) is 1. The number of aromatic carboxylic acids is 1. The van der Waals surface area contributed by atoms with Crippen molar-refractivity contribution in [3.05, 3.63) is 28.8 Å². The summed E-state index contributed by atoms with van der Waals surface area (Å²) in [6.07, 6.45) is 0. The molecule has 1 rings (SSSR count). The van der Waals surface area contributed by atoms with Gasteiger partial charge in [0.15, 0.2) is 0 Å². The van der Waals surface area contributed by atoms with E-state index in [0.29, 0.717) is 12.1 Å². The number of carbonyl (C=O) groups is 2. The number of hydrogen-bond acceptors (Lipinski definition) is 3. The number of amides is 1. The molecule has 0 radical (unpaired) electrons. The van der Waals surface area contributed by atoms with Crippen molar-refractivity contribution in [1.29, 1.82) is 0 Å². The summed E-state index contributed by atoms with van der Waals surface area (Å²) >= 11 is 0. The maximum Gasteiger partial charge on any atom is 0.335 e. The minimum atomic E-state index is -1.07. The lowest BCUT2D eigenvalue weighted by molar-refractivity contribution is 0.0696. The zero-order valence-electron chi connectivity index (χ0n) is 11.2. The van der Waals surface area contributed by atoms with Crippen molar-refractivity contribution < 1.29 is 14.7 Å². The highest BCUT2D eigenvalue weighted by Crippen LogP contribution is 2.18. The molecule has 1 aromatic carbocycles. The molecular formula is C13H20N2O3. The highest BCUT2D eigenvalue weighted by Gasteiger charge is 2.15. The van der Waals surface area contributed by atoms with Crippen LogP contribution in [0.5, 0.6) is 0 Å². The monoisotopic (exact) mass is 252 g/mol. The summed E-state index contributed by atoms with van der Waals surface area (Å²) in [6.45, 7) is 7.89. The first-order chi connectivity index (χ1) is 8.47. The van der Waals surface area contributed by atoms with Crippen LogP contribution < -0.4 is 11.1 Å². The molecule has 0 aromatic heterocycles. The van der Waals surface area contributed by atoms with Crippen molar-refractivity contribution >= 4 is 17.6 Å². The standard InChI is InChI=1S/C11H14N2O3.C2H6/c1-3-13-10(14)8-5-7(11(15)16)6(2)4-9(8)12;1-2/h4-5H,3,12H2,1-2H3,(H,13,14)(H,15,16);1-2H3. The Balaban J connectivity index is 0.00000137. The second-order valence-electron chi connectivity index (χ2n) is 3.42. The van der Waals surface area contributed by atoms with Gasteiger partial charge in [0.1, 0.15) is 0 Å². The number of carboxylic acids is 1. The summed E-state index contributed by atoms with van der Waals surface area (Å²) in [5, 5.41) is 11.5. The van der Waals surface area contributed by atoms with Crippen LogP contribution in [0.2, 0.25) is 0 Å². The predicted octanol–water partition coefficient (Wildman–Crippen LogP) is 2.05. The predicted molar refractivity (Wildman–Crippen MR) is 71.9 cm³/mol. The summed E-state index contributed by atoms with van der Waals surface area (Å²) in [5.41, 5.74) is 6.79. The van der Waals surface area contributed by atoms with Crippen molar-refractivity contribution in [1.82, 2.24) is 5.32 Å². The van der Waals surface area contributed by atoms with E-state index in [4.69, 9.17) is 10.8 Å². The Bertz CT molecular complexity index is 442. The number of nitrogen functional groups attached to an aromatic ring is 1. The fourth-order valence-electron chi connectivity index (χ4n) is 1.41. The first kappa shape index (κ1) is 16.0. The molecule has 1 amide bonds. The Kier molecular flexibility index (Phi) is 6.49. The summed E-state index contributed by atoms with van der Waals surface area (Å²) in [5.74, 6) is -1.43. The Hall–Kier alpha value is -2.04. The number of anilines is 1. The quantitative estimate of drug-likeness (QED) is 0.718. The van der Waals surface area contributed by atoms with Crippen molar-refractivity contribution in [2.24, 2.45) is 0 Å². The number of nitrogens with two attached hydrogens (primary N) is 1.